The molecular weight excluding hydrogens is 488 g/mol. The molecular formula is C37H28N2O. The highest BCUT2D eigenvalue weighted by molar-refractivity contribution is 6.09. The third kappa shape index (κ3) is 3.00. The number of para-hydroxylation sites is 3. The number of rotatable bonds is 2. The minimum Gasteiger partial charge on any atom is -0.454 e. The number of anilines is 2. The Bertz CT molecular complexity index is 1990. The van der Waals surface area contributed by atoms with Crippen LogP contribution in [-0.2, 0) is 5.41 Å². The third-order valence-electron chi connectivity index (χ3n) is 8.65. The van der Waals surface area contributed by atoms with Crippen molar-refractivity contribution >= 4 is 33.2 Å². The van der Waals surface area contributed by atoms with Gasteiger partial charge in [0.25, 0.3) is 0 Å². The smallest absolute Gasteiger partial charge is 0.152 e. The van der Waals surface area contributed by atoms with Crippen molar-refractivity contribution < 1.29 is 4.74 Å². The molecule has 0 aliphatic carbocycles. The van der Waals surface area contributed by atoms with Gasteiger partial charge in [-0.2, -0.15) is 0 Å². The van der Waals surface area contributed by atoms with Gasteiger partial charge in [0.1, 0.15) is 5.76 Å². The molecule has 2 aliphatic heterocycles. The molecule has 3 nitrogen and oxygen atoms in total. The topological polar surface area (TPSA) is 17.4 Å². The molecule has 6 aromatic rings. The van der Waals surface area contributed by atoms with Crippen LogP contribution >= 0.6 is 0 Å². The molecule has 0 amide bonds. The summed E-state index contributed by atoms with van der Waals surface area (Å²) in [6.07, 6.45) is 0. The molecule has 1 aromatic heterocycles. The molecule has 0 atom stereocenters. The summed E-state index contributed by atoms with van der Waals surface area (Å²) < 4.78 is 8.65. The predicted octanol–water partition coefficient (Wildman–Crippen LogP) is 9.65. The van der Waals surface area contributed by atoms with Crippen LogP contribution in [0.1, 0.15) is 25.0 Å². The number of benzene rings is 5. The molecule has 0 saturated heterocycles. The quantitative estimate of drug-likeness (QED) is 0.228. The van der Waals surface area contributed by atoms with Crippen LogP contribution in [0.25, 0.3) is 38.6 Å². The summed E-state index contributed by atoms with van der Waals surface area (Å²) in [5, 5.41) is 2.53. The zero-order valence-corrected chi connectivity index (χ0v) is 22.6. The minimum atomic E-state index is -0.210. The summed E-state index contributed by atoms with van der Waals surface area (Å²) in [6, 6.07) is 39.1. The van der Waals surface area contributed by atoms with Gasteiger partial charge in [-0.15, -0.1) is 0 Å². The Morgan fingerprint density at radius 2 is 1.27 bits per heavy atom. The molecule has 0 bridgehead atoms. The van der Waals surface area contributed by atoms with Gasteiger partial charge in [0.2, 0.25) is 0 Å². The van der Waals surface area contributed by atoms with Gasteiger partial charge in [0.15, 0.2) is 5.75 Å². The number of aromatic nitrogens is 1. The van der Waals surface area contributed by atoms with Gasteiger partial charge in [0.05, 0.1) is 28.1 Å². The maximum atomic E-state index is 6.30. The Morgan fingerprint density at radius 3 is 1.98 bits per heavy atom. The fourth-order valence-electron chi connectivity index (χ4n) is 6.62. The number of ether oxygens (including phenoxy) is 1. The first-order valence-corrected chi connectivity index (χ1v) is 13.7. The first-order valence-electron chi connectivity index (χ1n) is 13.7. The highest BCUT2D eigenvalue weighted by atomic mass is 16.5. The van der Waals surface area contributed by atoms with Crippen LogP contribution in [0.2, 0.25) is 0 Å². The first-order chi connectivity index (χ1) is 19.4. The summed E-state index contributed by atoms with van der Waals surface area (Å²) in [6.45, 7) is 13.1. The highest BCUT2D eigenvalue weighted by Crippen LogP contribution is 2.57. The van der Waals surface area contributed by atoms with Crippen molar-refractivity contribution in [2.75, 3.05) is 4.90 Å². The number of nitrogens with zero attached hydrogens (tertiary/aromatic N) is 2. The van der Waals surface area contributed by atoms with Crippen LogP contribution in [0.4, 0.5) is 11.4 Å². The highest BCUT2D eigenvalue weighted by Gasteiger charge is 2.42. The molecule has 0 spiro atoms. The van der Waals surface area contributed by atoms with Crippen molar-refractivity contribution in [3.8, 4) is 22.6 Å². The predicted molar refractivity (Wildman–Crippen MR) is 166 cm³/mol. The van der Waals surface area contributed by atoms with E-state index in [4.69, 9.17) is 4.74 Å². The second kappa shape index (κ2) is 8.00. The standard InChI is InChI=1S/C37H28N2O/c1-23-24(2)40-35-22-26(21-31-36(35)38(23)34-16-10-7-13-30(34)37(31,3)4)25-17-19-27(20-18-25)39-32-14-8-5-11-28(32)29-12-6-9-15-33(29)39/h5-22H,1-2H2,3-4H3. The van der Waals surface area contributed by atoms with E-state index in [1.807, 2.05) is 0 Å². The summed E-state index contributed by atoms with van der Waals surface area (Å²) >= 11 is 0. The van der Waals surface area contributed by atoms with Gasteiger partial charge in [-0.25, -0.2) is 0 Å². The Kier molecular flexibility index (Phi) is 4.58. The van der Waals surface area contributed by atoms with E-state index in [-0.39, 0.29) is 5.41 Å². The number of hydrogen-bond donors (Lipinski definition) is 0. The van der Waals surface area contributed by atoms with Crippen LogP contribution < -0.4 is 9.64 Å². The van der Waals surface area contributed by atoms with Crippen LogP contribution in [0.15, 0.2) is 134 Å². The molecule has 40 heavy (non-hydrogen) atoms. The van der Waals surface area contributed by atoms with E-state index < -0.39 is 0 Å². The maximum absolute atomic E-state index is 6.30. The Balaban J connectivity index is 1.29. The lowest BCUT2D eigenvalue weighted by Gasteiger charge is -2.45. The lowest BCUT2D eigenvalue weighted by molar-refractivity contribution is 0.422. The number of hydrogen-bond acceptors (Lipinski definition) is 2. The van der Waals surface area contributed by atoms with Crippen LogP contribution in [0, 0.1) is 0 Å². The zero-order chi connectivity index (χ0) is 27.2. The SMILES string of the molecule is C=C1Oc2cc(-c3ccc(-n4c5ccccc5c5ccccc54)cc3)cc3c2N(C1=C)c1ccccc1C3(C)C. The van der Waals surface area contributed by atoms with Gasteiger partial charge in [-0.1, -0.05) is 93.7 Å². The molecule has 3 heteroatoms. The lowest BCUT2D eigenvalue weighted by atomic mass is 9.72. The van der Waals surface area contributed by atoms with Gasteiger partial charge in [0, 0.05) is 21.9 Å². The van der Waals surface area contributed by atoms with Crippen molar-refractivity contribution in [3.05, 3.63) is 145 Å². The zero-order valence-electron chi connectivity index (χ0n) is 22.6. The summed E-state index contributed by atoms with van der Waals surface area (Å²) in [7, 11) is 0. The Morgan fingerprint density at radius 1 is 0.650 bits per heavy atom. The van der Waals surface area contributed by atoms with Gasteiger partial charge in [-0.3, -0.25) is 0 Å². The summed E-state index contributed by atoms with van der Waals surface area (Å²) in [5.74, 6) is 1.39. The lowest BCUT2D eigenvalue weighted by Crippen LogP contribution is -2.35. The van der Waals surface area contributed by atoms with E-state index in [9.17, 15) is 0 Å². The second-order valence-electron chi connectivity index (χ2n) is 11.2. The summed E-state index contributed by atoms with van der Waals surface area (Å²) in [5.41, 5.74) is 11.1. The average molecular weight is 517 g/mol. The van der Waals surface area contributed by atoms with E-state index in [0.29, 0.717) is 5.76 Å². The van der Waals surface area contributed by atoms with E-state index in [1.54, 1.807) is 0 Å². The maximum Gasteiger partial charge on any atom is 0.152 e. The average Bonchev–Trinajstić information content (AvgIpc) is 3.31. The van der Waals surface area contributed by atoms with E-state index in [1.165, 1.54) is 32.9 Å². The van der Waals surface area contributed by atoms with Gasteiger partial charge in [-0.05, 0) is 64.7 Å². The number of fused-ring (bicyclic) bond motifs is 5. The monoisotopic (exact) mass is 516 g/mol. The van der Waals surface area contributed by atoms with Crippen molar-refractivity contribution in [2.24, 2.45) is 0 Å². The Labute approximate surface area is 233 Å². The fourth-order valence-corrected chi connectivity index (χ4v) is 6.62. The van der Waals surface area contributed by atoms with Gasteiger partial charge < -0.3 is 14.2 Å². The molecule has 0 saturated carbocycles. The molecule has 0 N–H and O–H groups in total. The minimum absolute atomic E-state index is 0.210. The van der Waals surface area contributed by atoms with Crippen molar-refractivity contribution in [3.63, 3.8) is 0 Å². The fraction of sp³-hybridized carbons (Fsp3) is 0.0811. The Hall–Kier alpha value is -5.02. The first kappa shape index (κ1) is 22.9. The van der Waals surface area contributed by atoms with Crippen LogP contribution in [0.5, 0.6) is 5.75 Å². The van der Waals surface area contributed by atoms with Crippen molar-refractivity contribution in [2.45, 2.75) is 19.3 Å². The molecule has 8 rings (SSSR count). The molecule has 0 radical (unpaired) electrons. The molecule has 192 valence electrons. The second-order valence-corrected chi connectivity index (χ2v) is 11.2. The van der Waals surface area contributed by atoms with E-state index in [2.05, 4.69) is 146 Å². The van der Waals surface area contributed by atoms with E-state index >= 15 is 0 Å². The van der Waals surface area contributed by atoms with Crippen molar-refractivity contribution in [1.82, 2.24) is 4.57 Å². The molecule has 5 aromatic carbocycles. The normalized spacial score (nSPS) is 15.2. The molecule has 0 fully saturated rings. The molecule has 0 unspecified atom stereocenters. The largest absolute Gasteiger partial charge is 0.454 e. The van der Waals surface area contributed by atoms with Gasteiger partial charge >= 0.3 is 0 Å². The van der Waals surface area contributed by atoms with Crippen LogP contribution in [0.3, 0.4) is 0 Å². The molecule has 2 aliphatic rings. The summed E-state index contributed by atoms with van der Waals surface area (Å²) in [4.78, 5) is 2.21. The third-order valence-corrected chi connectivity index (χ3v) is 8.65. The molecule has 3 heterocycles. The van der Waals surface area contributed by atoms with E-state index in [0.717, 1.165) is 39.6 Å². The van der Waals surface area contributed by atoms with Crippen molar-refractivity contribution in [1.29, 1.82) is 0 Å². The van der Waals surface area contributed by atoms with Crippen LogP contribution in [-0.4, -0.2) is 4.57 Å².